The zero-order chi connectivity index (χ0) is 14.0. The summed E-state index contributed by atoms with van der Waals surface area (Å²) in [5, 5.41) is 9.23. The molecule has 0 amide bonds. The van der Waals surface area contributed by atoms with Gasteiger partial charge in [-0.25, -0.2) is 8.42 Å². The number of nitrogens with zero attached hydrogens (tertiary/aromatic N) is 3. The summed E-state index contributed by atoms with van der Waals surface area (Å²) in [6.07, 6.45) is 0.667. The van der Waals surface area contributed by atoms with Crippen LogP contribution in [0.2, 0.25) is 0 Å². The van der Waals surface area contributed by atoms with Crippen molar-refractivity contribution < 1.29 is 13.3 Å². The predicted octanol–water partition coefficient (Wildman–Crippen LogP) is -1.05. The van der Waals surface area contributed by atoms with E-state index in [1.54, 1.807) is 11.8 Å². The lowest BCUT2D eigenvalue weighted by Gasteiger charge is -2.08. The molecule has 1 aromatic rings. The zero-order valence-electron chi connectivity index (χ0n) is 11.6. The molecule has 1 aliphatic heterocycles. The molecule has 1 saturated heterocycles. The second-order valence-electron chi connectivity index (χ2n) is 5.31. The fourth-order valence-electron chi connectivity index (χ4n) is 2.15. The van der Waals surface area contributed by atoms with Crippen LogP contribution in [0.1, 0.15) is 18.2 Å². The first-order valence-corrected chi connectivity index (χ1v) is 9.21. The molecule has 0 aliphatic carbocycles. The number of quaternary nitrogens is 1. The highest BCUT2D eigenvalue weighted by Gasteiger charge is 2.32. The fraction of sp³-hybridized carbons (Fsp3) is 0.818. The van der Waals surface area contributed by atoms with Gasteiger partial charge in [0.2, 0.25) is 0 Å². The Morgan fingerprint density at radius 2 is 2.16 bits per heavy atom. The summed E-state index contributed by atoms with van der Waals surface area (Å²) in [6, 6.07) is 0. The third-order valence-corrected chi connectivity index (χ3v) is 6.09. The smallest absolute Gasteiger partial charge is 0.191 e. The first-order valence-electron chi connectivity index (χ1n) is 6.40. The van der Waals surface area contributed by atoms with E-state index in [9.17, 15) is 8.42 Å². The van der Waals surface area contributed by atoms with Crippen LogP contribution in [-0.4, -0.2) is 61.1 Å². The van der Waals surface area contributed by atoms with Gasteiger partial charge >= 0.3 is 0 Å². The molecule has 0 unspecified atom stereocenters. The van der Waals surface area contributed by atoms with E-state index < -0.39 is 9.84 Å². The van der Waals surface area contributed by atoms with Gasteiger partial charge in [0.1, 0.15) is 5.82 Å². The summed E-state index contributed by atoms with van der Waals surface area (Å²) in [5.74, 6) is 2.29. The van der Waals surface area contributed by atoms with Crippen LogP contribution in [0.5, 0.6) is 0 Å². The molecule has 6 nitrogen and oxygen atoms in total. The van der Waals surface area contributed by atoms with Gasteiger partial charge in [-0.3, -0.25) is 0 Å². The lowest BCUT2D eigenvalue weighted by atomic mass is 10.1. The lowest BCUT2D eigenvalue weighted by molar-refractivity contribution is -0.855. The average molecular weight is 305 g/mol. The second-order valence-corrected chi connectivity index (χ2v) is 8.60. The Morgan fingerprint density at radius 3 is 2.74 bits per heavy atom. The Kier molecular flexibility index (Phi) is 4.52. The summed E-state index contributed by atoms with van der Waals surface area (Å²) in [6.45, 7) is 1.06. The van der Waals surface area contributed by atoms with Gasteiger partial charge < -0.3 is 9.47 Å². The minimum Gasteiger partial charge on any atom is -0.339 e. The molecule has 108 valence electrons. The average Bonchev–Trinajstić information content (AvgIpc) is 2.83. The van der Waals surface area contributed by atoms with Crippen molar-refractivity contribution in [3.63, 3.8) is 0 Å². The highest BCUT2D eigenvalue weighted by atomic mass is 32.2. The van der Waals surface area contributed by atoms with Crippen LogP contribution in [0.25, 0.3) is 0 Å². The highest BCUT2D eigenvalue weighted by molar-refractivity contribution is 7.99. The van der Waals surface area contributed by atoms with Crippen LogP contribution in [0, 0.1) is 0 Å². The number of thioether (sulfide) groups is 1. The van der Waals surface area contributed by atoms with E-state index in [2.05, 4.69) is 24.3 Å². The molecular formula is C11H21N4O2S2+. The molecular weight excluding hydrogens is 284 g/mol. The Bertz CT molecular complexity index is 539. The van der Waals surface area contributed by atoms with Gasteiger partial charge in [-0.2, -0.15) is 0 Å². The number of nitrogens with one attached hydrogen (secondary N) is 1. The van der Waals surface area contributed by atoms with Crippen molar-refractivity contribution in [3.8, 4) is 0 Å². The van der Waals surface area contributed by atoms with Gasteiger partial charge in [0.25, 0.3) is 0 Å². The maximum Gasteiger partial charge on any atom is 0.191 e. The molecule has 8 heteroatoms. The van der Waals surface area contributed by atoms with Gasteiger partial charge in [0.15, 0.2) is 15.0 Å². The first kappa shape index (κ1) is 14.8. The van der Waals surface area contributed by atoms with E-state index in [4.69, 9.17) is 0 Å². The van der Waals surface area contributed by atoms with Gasteiger partial charge in [0.05, 0.1) is 37.9 Å². The van der Waals surface area contributed by atoms with Crippen LogP contribution in [0.4, 0.5) is 0 Å². The molecule has 0 saturated carbocycles. The van der Waals surface area contributed by atoms with Crippen LogP contribution in [0.15, 0.2) is 5.16 Å². The third kappa shape index (κ3) is 3.70. The van der Waals surface area contributed by atoms with Crippen molar-refractivity contribution in [2.75, 3.05) is 37.9 Å². The van der Waals surface area contributed by atoms with Crippen molar-refractivity contribution >= 4 is 21.6 Å². The maximum absolute atomic E-state index is 11.5. The molecule has 2 rings (SSSR count). The van der Waals surface area contributed by atoms with Crippen molar-refractivity contribution in [3.05, 3.63) is 5.82 Å². The number of aromatic nitrogens is 3. The van der Waals surface area contributed by atoms with Crippen LogP contribution < -0.4 is 4.90 Å². The lowest BCUT2D eigenvalue weighted by Crippen LogP contribution is -3.06. The third-order valence-electron chi connectivity index (χ3n) is 3.30. The minimum absolute atomic E-state index is 0.0105. The quantitative estimate of drug-likeness (QED) is 0.703. The summed E-state index contributed by atoms with van der Waals surface area (Å²) in [5.41, 5.74) is 0. The molecule has 1 atom stereocenters. The topological polar surface area (TPSA) is 69.3 Å². The monoisotopic (exact) mass is 305 g/mol. The highest BCUT2D eigenvalue weighted by Crippen LogP contribution is 2.29. The molecule has 0 aromatic carbocycles. The van der Waals surface area contributed by atoms with Gasteiger partial charge in [-0.05, 0) is 6.42 Å². The van der Waals surface area contributed by atoms with Crippen LogP contribution in [-0.2, 0) is 16.9 Å². The number of hydrogen-bond acceptors (Lipinski definition) is 5. The number of sulfone groups is 1. The normalized spacial score (nSPS) is 22.2. The maximum atomic E-state index is 11.5. The Hall–Kier alpha value is -0.600. The predicted molar refractivity (Wildman–Crippen MR) is 75.4 cm³/mol. The largest absolute Gasteiger partial charge is 0.339 e. The summed E-state index contributed by atoms with van der Waals surface area (Å²) < 4.78 is 25.0. The first-order chi connectivity index (χ1) is 8.89. The van der Waals surface area contributed by atoms with E-state index in [0.29, 0.717) is 6.42 Å². The van der Waals surface area contributed by atoms with Crippen molar-refractivity contribution in [2.24, 2.45) is 7.05 Å². The molecule has 0 bridgehead atoms. The second kappa shape index (κ2) is 5.80. The molecule has 0 radical (unpaired) electrons. The SMILES string of the molecule is Cn1c(SCC[NH+](C)C)nnc1[C@@H]1CCS(=O)(=O)C1. The summed E-state index contributed by atoms with van der Waals surface area (Å²) >= 11 is 1.67. The molecule has 1 N–H and O–H groups in total. The van der Waals surface area contributed by atoms with Crippen molar-refractivity contribution in [2.45, 2.75) is 17.5 Å². The molecule has 1 aromatic heterocycles. The zero-order valence-corrected chi connectivity index (χ0v) is 13.2. The molecule has 2 heterocycles. The van der Waals surface area contributed by atoms with Crippen molar-refractivity contribution in [1.29, 1.82) is 0 Å². The van der Waals surface area contributed by atoms with Gasteiger partial charge in [-0.15, -0.1) is 10.2 Å². The molecule has 1 fully saturated rings. The molecule has 19 heavy (non-hydrogen) atoms. The van der Waals surface area contributed by atoms with E-state index >= 15 is 0 Å². The number of hydrogen-bond donors (Lipinski definition) is 1. The van der Waals surface area contributed by atoms with Gasteiger partial charge in [-0.1, -0.05) is 11.8 Å². The fourth-order valence-corrected chi connectivity index (χ4v) is 4.97. The van der Waals surface area contributed by atoms with Crippen molar-refractivity contribution in [1.82, 2.24) is 14.8 Å². The standard InChI is InChI=1S/C11H20N4O2S2/c1-14(2)5-6-18-11-13-12-10(15(11)3)9-4-7-19(16,17)8-9/h9H,4-8H2,1-3H3/p+1/t9-/m1/s1. The summed E-state index contributed by atoms with van der Waals surface area (Å²) in [4.78, 5) is 1.40. The van der Waals surface area contributed by atoms with E-state index in [1.807, 2.05) is 11.6 Å². The number of rotatable bonds is 5. The van der Waals surface area contributed by atoms with E-state index in [0.717, 1.165) is 23.3 Å². The minimum atomic E-state index is -2.87. The van der Waals surface area contributed by atoms with E-state index in [1.165, 1.54) is 4.90 Å². The Labute approximate surface area is 118 Å². The van der Waals surface area contributed by atoms with Crippen LogP contribution >= 0.6 is 11.8 Å². The summed E-state index contributed by atoms with van der Waals surface area (Å²) in [7, 11) is 3.29. The molecule has 0 spiro atoms. The van der Waals surface area contributed by atoms with Crippen LogP contribution in [0.3, 0.4) is 0 Å². The Balaban J connectivity index is 2.02. The molecule has 1 aliphatic rings. The Morgan fingerprint density at radius 1 is 1.42 bits per heavy atom. The van der Waals surface area contributed by atoms with Gasteiger partial charge in [0, 0.05) is 13.0 Å². The van der Waals surface area contributed by atoms with E-state index in [-0.39, 0.29) is 17.4 Å².